The van der Waals surface area contributed by atoms with Gasteiger partial charge >= 0.3 is 0 Å². The normalized spacial score (nSPS) is 17.1. The highest BCUT2D eigenvalue weighted by molar-refractivity contribution is 5.80. The Hall–Kier alpha value is -1.75. The van der Waals surface area contributed by atoms with E-state index in [1.807, 2.05) is 11.0 Å². The topological polar surface area (TPSA) is 86.8 Å². The second kappa shape index (κ2) is 6.13. The Morgan fingerprint density at radius 3 is 2.60 bits per heavy atom. The van der Waals surface area contributed by atoms with Gasteiger partial charge in [0.25, 0.3) is 0 Å². The number of amides is 1. The predicted octanol–water partition coefficient (Wildman–Crippen LogP) is 1.68. The van der Waals surface area contributed by atoms with Gasteiger partial charge in [-0.15, -0.1) is 0 Å². The lowest BCUT2D eigenvalue weighted by Gasteiger charge is -2.30. The average Bonchev–Trinajstić information content (AvgIpc) is 2.88. The molecule has 5 nitrogen and oxygen atoms in total. The zero-order valence-electron chi connectivity index (χ0n) is 11.7. The first-order valence-electron chi connectivity index (χ1n) is 7.05. The van der Waals surface area contributed by atoms with Gasteiger partial charge in [-0.1, -0.05) is 18.9 Å². The Balaban J connectivity index is 2.28. The highest BCUT2D eigenvalue weighted by Crippen LogP contribution is 2.33. The van der Waals surface area contributed by atoms with E-state index in [9.17, 15) is 15.0 Å². The molecule has 4 N–H and O–H groups in total. The minimum absolute atomic E-state index is 0.0463. The van der Waals surface area contributed by atoms with Gasteiger partial charge in [-0.25, -0.2) is 0 Å². The van der Waals surface area contributed by atoms with Crippen molar-refractivity contribution in [2.24, 2.45) is 5.73 Å². The second-order valence-electron chi connectivity index (χ2n) is 5.45. The summed E-state index contributed by atoms with van der Waals surface area (Å²) in [5.74, 6) is -0.332. The summed E-state index contributed by atoms with van der Waals surface area (Å²) in [6.45, 7) is 1.75. The number of nitrogens with zero attached hydrogens (tertiary/aromatic N) is 1. The van der Waals surface area contributed by atoms with Crippen LogP contribution in [0, 0.1) is 0 Å². The number of phenols is 1. The zero-order chi connectivity index (χ0) is 14.7. The summed E-state index contributed by atoms with van der Waals surface area (Å²) in [5.41, 5.74) is 6.59. The van der Waals surface area contributed by atoms with Crippen molar-refractivity contribution in [1.82, 2.24) is 0 Å². The molecule has 0 radical (unpaired) electrons. The molecule has 0 heterocycles. The molecule has 0 bridgehead atoms. The highest BCUT2D eigenvalue weighted by Gasteiger charge is 2.24. The van der Waals surface area contributed by atoms with E-state index in [1.165, 1.54) is 0 Å². The van der Waals surface area contributed by atoms with E-state index in [1.54, 1.807) is 19.1 Å². The molecule has 1 aliphatic rings. The number of carbonyl (C=O) groups is 1. The molecule has 0 saturated heterocycles. The zero-order valence-corrected chi connectivity index (χ0v) is 11.7. The number of nitrogens with two attached hydrogens (primary N) is 1. The molecule has 1 aliphatic carbocycles. The molecule has 1 amide bonds. The quantitative estimate of drug-likeness (QED) is 0.764. The van der Waals surface area contributed by atoms with Gasteiger partial charge in [0.2, 0.25) is 5.91 Å². The first kappa shape index (κ1) is 14.7. The van der Waals surface area contributed by atoms with Crippen LogP contribution in [0.25, 0.3) is 0 Å². The van der Waals surface area contributed by atoms with Crippen molar-refractivity contribution in [2.75, 3.05) is 11.4 Å². The van der Waals surface area contributed by atoms with Crippen LogP contribution in [-0.2, 0) is 4.79 Å². The monoisotopic (exact) mass is 278 g/mol. The largest absolute Gasteiger partial charge is 0.507 e. The van der Waals surface area contributed by atoms with Crippen LogP contribution >= 0.6 is 0 Å². The third kappa shape index (κ3) is 3.22. The van der Waals surface area contributed by atoms with Crippen molar-refractivity contribution in [3.8, 4) is 5.75 Å². The van der Waals surface area contributed by atoms with Crippen LogP contribution in [0.15, 0.2) is 18.2 Å². The van der Waals surface area contributed by atoms with E-state index in [0.29, 0.717) is 11.6 Å². The van der Waals surface area contributed by atoms with Crippen molar-refractivity contribution >= 4 is 11.6 Å². The van der Waals surface area contributed by atoms with Crippen molar-refractivity contribution in [3.63, 3.8) is 0 Å². The standard InChI is InChI=1S/C15H22N2O3/c1-10(18)13-7-6-12(8-14(13)19)17(9-15(16)20)11-4-2-3-5-11/h6-8,10-11,18-19H,2-5,9H2,1H3,(H2,16,20). The number of anilines is 1. The number of primary amides is 1. The van der Waals surface area contributed by atoms with E-state index in [2.05, 4.69) is 0 Å². The first-order chi connectivity index (χ1) is 9.49. The maximum atomic E-state index is 11.3. The number of hydrogen-bond acceptors (Lipinski definition) is 4. The molecule has 1 fully saturated rings. The molecule has 1 aromatic rings. The molecule has 5 heteroatoms. The Morgan fingerprint density at radius 1 is 1.45 bits per heavy atom. The number of aliphatic hydroxyl groups excluding tert-OH is 1. The van der Waals surface area contributed by atoms with Crippen molar-refractivity contribution < 1.29 is 15.0 Å². The van der Waals surface area contributed by atoms with Crippen molar-refractivity contribution in [1.29, 1.82) is 0 Å². The lowest BCUT2D eigenvalue weighted by atomic mass is 10.1. The molecule has 0 aromatic heterocycles. The lowest BCUT2D eigenvalue weighted by molar-refractivity contribution is -0.116. The second-order valence-corrected chi connectivity index (χ2v) is 5.45. The van der Waals surface area contributed by atoms with Crippen LogP contribution in [0.1, 0.15) is 44.3 Å². The Morgan fingerprint density at radius 2 is 2.10 bits per heavy atom. The molecular weight excluding hydrogens is 256 g/mol. The van der Waals surface area contributed by atoms with E-state index in [4.69, 9.17) is 5.73 Å². The summed E-state index contributed by atoms with van der Waals surface area (Å²) in [6, 6.07) is 5.41. The van der Waals surface area contributed by atoms with Crippen LogP contribution < -0.4 is 10.6 Å². The fourth-order valence-electron chi connectivity index (χ4n) is 2.88. The number of phenolic OH excluding ortho intramolecular Hbond substituents is 1. The molecule has 0 aliphatic heterocycles. The van der Waals surface area contributed by atoms with E-state index in [-0.39, 0.29) is 18.2 Å². The van der Waals surface area contributed by atoms with E-state index in [0.717, 1.165) is 31.4 Å². The predicted molar refractivity (Wildman–Crippen MR) is 77.5 cm³/mol. The van der Waals surface area contributed by atoms with Gasteiger partial charge in [-0.2, -0.15) is 0 Å². The first-order valence-corrected chi connectivity index (χ1v) is 7.05. The summed E-state index contributed by atoms with van der Waals surface area (Å²) in [7, 11) is 0. The molecule has 2 rings (SSSR count). The van der Waals surface area contributed by atoms with Gasteiger partial charge in [-0.3, -0.25) is 4.79 Å². The smallest absolute Gasteiger partial charge is 0.236 e. The van der Waals surface area contributed by atoms with Gasteiger partial charge < -0.3 is 20.8 Å². The SMILES string of the molecule is CC(O)c1ccc(N(CC(N)=O)C2CCCC2)cc1O. The third-order valence-electron chi connectivity index (χ3n) is 3.89. The van der Waals surface area contributed by atoms with Crippen LogP contribution in [0.5, 0.6) is 5.75 Å². The average molecular weight is 278 g/mol. The van der Waals surface area contributed by atoms with Crippen molar-refractivity contribution in [2.45, 2.75) is 44.8 Å². The lowest BCUT2D eigenvalue weighted by Crippen LogP contribution is -2.40. The third-order valence-corrected chi connectivity index (χ3v) is 3.89. The van der Waals surface area contributed by atoms with Crippen molar-refractivity contribution in [3.05, 3.63) is 23.8 Å². The summed E-state index contributed by atoms with van der Waals surface area (Å²) in [4.78, 5) is 13.2. The molecule has 1 unspecified atom stereocenters. The van der Waals surface area contributed by atoms with Crippen LogP contribution in [0.4, 0.5) is 5.69 Å². The molecule has 1 atom stereocenters. The Labute approximate surface area is 119 Å². The maximum absolute atomic E-state index is 11.3. The molecule has 1 saturated carbocycles. The molecule has 1 aromatic carbocycles. The number of aromatic hydroxyl groups is 1. The van der Waals surface area contributed by atoms with Gasteiger partial charge in [-0.05, 0) is 25.8 Å². The van der Waals surface area contributed by atoms with Crippen LogP contribution in [0.3, 0.4) is 0 Å². The maximum Gasteiger partial charge on any atom is 0.236 e. The number of benzene rings is 1. The minimum Gasteiger partial charge on any atom is -0.507 e. The van der Waals surface area contributed by atoms with Crippen LogP contribution in [0.2, 0.25) is 0 Å². The highest BCUT2D eigenvalue weighted by atomic mass is 16.3. The molecular formula is C15H22N2O3. The van der Waals surface area contributed by atoms with Gasteiger partial charge in [0, 0.05) is 23.4 Å². The summed E-state index contributed by atoms with van der Waals surface area (Å²) in [6.07, 6.45) is 3.65. The van der Waals surface area contributed by atoms with E-state index < -0.39 is 6.10 Å². The fraction of sp³-hybridized carbons (Fsp3) is 0.533. The number of carbonyl (C=O) groups excluding carboxylic acids is 1. The number of rotatable bonds is 5. The number of aliphatic hydroxyl groups is 1. The fourth-order valence-corrected chi connectivity index (χ4v) is 2.88. The van der Waals surface area contributed by atoms with Gasteiger partial charge in [0.05, 0.1) is 12.6 Å². The summed E-state index contributed by atoms with van der Waals surface area (Å²) in [5, 5.41) is 19.5. The summed E-state index contributed by atoms with van der Waals surface area (Å²) < 4.78 is 0. The molecule has 110 valence electrons. The van der Waals surface area contributed by atoms with Gasteiger partial charge in [0.1, 0.15) is 5.75 Å². The number of hydrogen-bond donors (Lipinski definition) is 3. The van der Waals surface area contributed by atoms with E-state index >= 15 is 0 Å². The molecule has 0 spiro atoms. The van der Waals surface area contributed by atoms with Gasteiger partial charge in [0.15, 0.2) is 0 Å². The minimum atomic E-state index is -0.722. The molecule has 20 heavy (non-hydrogen) atoms. The van der Waals surface area contributed by atoms with Crippen LogP contribution in [-0.4, -0.2) is 28.7 Å². The Kier molecular flexibility index (Phi) is 4.49. The Bertz CT molecular complexity index is 482. The summed E-state index contributed by atoms with van der Waals surface area (Å²) >= 11 is 0.